The number of benzene rings is 1. The summed E-state index contributed by atoms with van der Waals surface area (Å²) >= 11 is 0. The van der Waals surface area contributed by atoms with Crippen molar-refractivity contribution in [3.8, 4) is 5.69 Å². The van der Waals surface area contributed by atoms with Crippen molar-refractivity contribution in [1.29, 1.82) is 0 Å². The Balaban J connectivity index is 2.00. The van der Waals surface area contributed by atoms with Crippen LogP contribution in [0.3, 0.4) is 0 Å². The summed E-state index contributed by atoms with van der Waals surface area (Å²) in [6, 6.07) is 8.97. The van der Waals surface area contributed by atoms with E-state index in [0.29, 0.717) is 12.1 Å². The third-order valence-corrected chi connectivity index (χ3v) is 4.79. The first kappa shape index (κ1) is 16.7. The molecule has 2 aromatic heterocycles. The highest BCUT2D eigenvalue weighted by atomic mass is 19.3. The molecule has 0 radical (unpaired) electrons. The molecule has 0 atom stereocenters. The lowest BCUT2D eigenvalue weighted by Gasteiger charge is -2.15. The average Bonchev–Trinajstić information content (AvgIpc) is 3.14. The second-order valence-electron chi connectivity index (χ2n) is 7.03. The van der Waals surface area contributed by atoms with Gasteiger partial charge in [0.2, 0.25) is 5.91 Å². The van der Waals surface area contributed by atoms with E-state index in [9.17, 15) is 13.6 Å². The van der Waals surface area contributed by atoms with Gasteiger partial charge >= 0.3 is 0 Å². The summed E-state index contributed by atoms with van der Waals surface area (Å²) in [5.74, 6) is 0.160. The summed E-state index contributed by atoms with van der Waals surface area (Å²) in [5.41, 5.74) is 4.84. The normalized spacial score (nSPS) is 13.7. The summed E-state index contributed by atoms with van der Waals surface area (Å²) in [4.78, 5) is 16.0. The number of carbonyl (C=O) groups is 1. The van der Waals surface area contributed by atoms with Gasteiger partial charge in [0.1, 0.15) is 11.3 Å². The number of aromatic nitrogens is 2. The minimum Gasteiger partial charge on any atom is -0.325 e. The van der Waals surface area contributed by atoms with Crippen LogP contribution in [0.2, 0.25) is 0 Å². The molecule has 4 rings (SSSR count). The quantitative estimate of drug-likeness (QED) is 0.727. The largest absolute Gasteiger partial charge is 0.325 e. The number of halogens is 2. The van der Waals surface area contributed by atoms with Crippen LogP contribution in [0.25, 0.3) is 16.7 Å². The number of nitrogens with one attached hydrogen (secondary N) is 1. The molecule has 3 aromatic rings. The molecule has 1 aliphatic rings. The SMILES string of the molecule is Cc1cc(-n2c(C(C)C)cc3ccc(C(F)F)nc32)cc2c1NC(=O)C2. The molecule has 3 heterocycles. The minimum absolute atomic E-state index is 0.0280. The van der Waals surface area contributed by atoms with Crippen molar-refractivity contribution >= 4 is 22.6 Å². The molecule has 4 nitrogen and oxygen atoms in total. The predicted molar refractivity (Wildman–Crippen MR) is 97.2 cm³/mol. The van der Waals surface area contributed by atoms with Crippen LogP contribution in [0.15, 0.2) is 30.3 Å². The molecule has 0 bridgehead atoms. The van der Waals surface area contributed by atoms with E-state index >= 15 is 0 Å². The van der Waals surface area contributed by atoms with E-state index in [2.05, 4.69) is 24.1 Å². The van der Waals surface area contributed by atoms with Crippen LogP contribution in [0, 0.1) is 6.92 Å². The van der Waals surface area contributed by atoms with Crippen LogP contribution in [0.4, 0.5) is 14.5 Å². The van der Waals surface area contributed by atoms with E-state index in [1.165, 1.54) is 6.07 Å². The van der Waals surface area contributed by atoms with Gasteiger partial charge in [0.25, 0.3) is 6.43 Å². The number of carbonyl (C=O) groups excluding carboxylic acids is 1. The second kappa shape index (κ2) is 5.90. The smallest absolute Gasteiger partial charge is 0.280 e. The fraction of sp³-hybridized carbons (Fsp3) is 0.300. The van der Waals surface area contributed by atoms with Crippen LogP contribution in [-0.2, 0) is 11.2 Å². The zero-order valence-corrected chi connectivity index (χ0v) is 14.8. The Morgan fingerprint density at radius 2 is 1.96 bits per heavy atom. The summed E-state index contributed by atoms with van der Waals surface area (Å²) in [6.07, 6.45) is -2.29. The summed E-state index contributed by atoms with van der Waals surface area (Å²) in [6.45, 7) is 6.06. The maximum absolute atomic E-state index is 13.2. The van der Waals surface area contributed by atoms with E-state index < -0.39 is 6.43 Å². The lowest BCUT2D eigenvalue weighted by molar-refractivity contribution is -0.115. The van der Waals surface area contributed by atoms with Crippen LogP contribution in [0.1, 0.15) is 48.7 Å². The third-order valence-electron chi connectivity index (χ3n) is 4.79. The number of alkyl halides is 2. The molecule has 0 saturated heterocycles. The number of nitrogens with zero attached hydrogens (tertiary/aromatic N) is 2. The number of pyridine rings is 1. The number of hydrogen-bond acceptors (Lipinski definition) is 2. The first-order valence-corrected chi connectivity index (χ1v) is 8.59. The van der Waals surface area contributed by atoms with E-state index in [0.717, 1.165) is 33.6 Å². The predicted octanol–water partition coefficient (Wildman–Crippen LogP) is 4.89. The Morgan fingerprint density at radius 1 is 1.19 bits per heavy atom. The van der Waals surface area contributed by atoms with E-state index in [-0.39, 0.29) is 17.5 Å². The number of fused-ring (bicyclic) bond motifs is 2. The van der Waals surface area contributed by atoms with Crippen LogP contribution in [-0.4, -0.2) is 15.5 Å². The van der Waals surface area contributed by atoms with Crippen molar-refractivity contribution in [2.75, 3.05) is 5.32 Å². The van der Waals surface area contributed by atoms with Gasteiger partial charge < -0.3 is 5.32 Å². The topological polar surface area (TPSA) is 46.9 Å². The van der Waals surface area contributed by atoms with Crippen molar-refractivity contribution in [2.24, 2.45) is 0 Å². The first-order valence-electron chi connectivity index (χ1n) is 8.59. The molecule has 1 N–H and O–H groups in total. The molecule has 1 aromatic carbocycles. The van der Waals surface area contributed by atoms with Gasteiger partial charge in [-0.25, -0.2) is 13.8 Å². The van der Waals surface area contributed by atoms with Gasteiger partial charge in [-0.15, -0.1) is 0 Å². The molecule has 26 heavy (non-hydrogen) atoms. The second-order valence-corrected chi connectivity index (χ2v) is 7.03. The molecular formula is C20H19F2N3O. The van der Waals surface area contributed by atoms with Crippen LogP contribution >= 0.6 is 0 Å². The van der Waals surface area contributed by atoms with Crippen molar-refractivity contribution in [3.05, 3.63) is 52.8 Å². The molecule has 0 unspecified atom stereocenters. The average molecular weight is 355 g/mol. The highest BCUT2D eigenvalue weighted by Crippen LogP contribution is 2.34. The molecule has 1 aliphatic heterocycles. The summed E-state index contributed by atoms with van der Waals surface area (Å²) in [5, 5.41) is 3.70. The number of anilines is 1. The number of hydrogen-bond donors (Lipinski definition) is 1. The minimum atomic E-state index is -2.62. The summed E-state index contributed by atoms with van der Waals surface area (Å²) < 4.78 is 28.3. The molecular weight excluding hydrogens is 336 g/mol. The number of rotatable bonds is 3. The third kappa shape index (κ3) is 2.57. The van der Waals surface area contributed by atoms with Gasteiger partial charge in [0.15, 0.2) is 0 Å². The lowest BCUT2D eigenvalue weighted by atomic mass is 10.1. The Labute approximate surface area is 149 Å². The van der Waals surface area contributed by atoms with Crippen molar-refractivity contribution in [1.82, 2.24) is 9.55 Å². The number of aryl methyl sites for hydroxylation is 1. The van der Waals surface area contributed by atoms with Crippen LogP contribution in [0.5, 0.6) is 0 Å². The van der Waals surface area contributed by atoms with Gasteiger partial charge in [-0.1, -0.05) is 13.8 Å². The molecule has 134 valence electrons. The Hall–Kier alpha value is -2.76. The van der Waals surface area contributed by atoms with Crippen LogP contribution < -0.4 is 5.32 Å². The maximum atomic E-state index is 13.2. The fourth-order valence-corrected chi connectivity index (χ4v) is 3.57. The maximum Gasteiger partial charge on any atom is 0.280 e. The van der Waals surface area contributed by atoms with E-state index in [4.69, 9.17) is 0 Å². The molecule has 0 spiro atoms. The fourth-order valence-electron chi connectivity index (χ4n) is 3.57. The number of amides is 1. The highest BCUT2D eigenvalue weighted by Gasteiger charge is 2.23. The van der Waals surface area contributed by atoms with Crippen molar-refractivity contribution in [3.63, 3.8) is 0 Å². The van der Waals surface area contributed by atoms with Gasteiger partial charge in [0, 0.05) is 22.5 Å². The van der Waals surface area contributed by atoms with E-state index in [1.807, 2.05) is 29.7 Å². The van der Waals surface area contributed by atoms with Gasteiger partial charge in [-0.2, -0.15) is 0 Å². The molecule has 1 amide bonds. The zero-order chi connectivity index (χ0) is 18.6. The Kier molecular flexibility index (Phi) is 3.79. The van der Waals surface area contributed by atoms with Crippen molar-refractivity contribution < 1.29 is 13.6 Å². The molecule has 0 fully saturated rings. The van der Waals surface area contributed by atoms with Crippen molar-refractivity contribution in [2.45, 2.75) is 39.5 Å². The zero-order valence-electron chi connectivity index (χ0n) is 14.8. The Morgan fingerprint density at radius 3 is 2.65 bits per heavy atom. The molecule has 0 aliphatic carbocycles. The summed E-state index contributed by atoms with van der Waals surface area (Å²) in [7, 11) is 0. The lowest BCUT2D eigenvalue weighted by Crippen LogP contribution is -2.05. The van der Waals surface area contributed by atoms with Gasteiger partial charge in [0.05, 0.1) is 6.42 Å². The van der Waals surface area contributed by atoms with E-state index in [1.54, 1.807) is 6.07 Å². The highest BCUT2D eigenvalue weighted by molar-refractivity contribution is 6.00. The standard InChI is InChI=1S/C20H19F2N3O/c1-10(2)16-8-12-4-5-15(19(21)22)23-20(12)25(16)14-6-11(3)18-13(7-14)9-17(26)24-18/h4-8,10,19H,9H2,1-3H3,(H,24,26). The molecule has 6 heteroatoms. The van der Waals surface area contributed by atoms with Gasteiger partial charge in [-0.3, -0.25) is 9.36 Å². The van der Waals surface area contributed by atoms with Gasteiger partial charge in [-0.05, 0) is 54.3 Å². The monoisotopic (exact) mass is 355 g/mol. The molecule has 0 saturated carbocycles. The first-order chi connectivity index (χ1) is 12.3. The Bertz CT molecular complexity index is 1040.